The second-order valence-corrected chi connectivity index (χ2v) is 5.05. The topological polar surface area (TPSA) is 16.1 Å². The lowest BCUT2D eigenvalue weighted by Crippen LogP contribution is -2.39. The van der Waals surface area contributed by atoms with Crippen molar-refractivity contribution < 1.29 is 0 Å². The van der Waals surface area contributed by atoms with E-state index in [4.69, 9.17) is 0 Å². The molecule has 0 fully saturated rings. The Morgan fingerprint density at radius 1 is 1.24 bits per heavy atom. The third-order valence-electron chi connectivity index (χ3n) is 3.66. The lowest BCUT2D eigenvalue weighted by Gasteiger charge is -2.40. The van der Waals surface area contributed by atoms with E-state index in [-0.39, 0.29) is 5.54 Å². The number of nitrogens with zero attached hydrogens (tertiary/aromatic N) is 2. The fraction of sp³-hybridized carbons (Fsp3) is 0.400. The molecule has 90 valence electrons. The normalized spacial score (nSPS) is 23.8. The van der Waals surface area contributed by atoms with Crippen molar-refractivity contribution in [1.82, 2.24) is 9.88 Å². The molecule has 2 rings (SSSR count). The molecule has 0 bridgehead atoms. The zero-order valence-corrected chi connectivity index (χ0v) is 11.3. The number of pyridine rings is 1. The highest BCUT2D eigenvalue weighted by atomic mass is 15.2. The van der Waals surface area contributed by atoms with Gasteiger partial charge in [0.15, 0.2) is 0 Å². The van der Waals surface area contributed by atoms with E-state index in [0.29, 0.717) is 0 Å². The Morgan fingerprint density at radius 3 is 2.59 bits per heavy atom. The molecule has 0 spiro atoms. The van der Waals surface area contributed by atoms with Crippen LogP contribution in [0.2, 0.25) is 0 Å². The van der Waals surface area contributed by atoms with Gasteiger partial charge in [0.25, 0.3) is 0 Å². The first-order valence-electron chi connectivity index (χ1n) is 5.98. The second kappa shape index (κ2) is 4.02. The summed E-state index contributed by atoms with van der Waals surface area (Å²) in [6.45, 7) is 8.63. The minimum Gasteiger partial charge on any atom is -0.367 e. The second-order valence-electron chi connectivity index (χ2n) is 5.05. The van der Waals surface area contributed by atoms with Gasteiger partial charge in [-0.2, -0.15) is 0 Å². The van der Waals surface area contributed by atoms with Gasteiger partial charge in [0.1, 0.15) is 0 Å². The van der Waals surface area contributed by atoms with Gasteiger partial charge < -0.3 is 4.90 Å². The van der Waals surface area contributed by atoms with Crippen LogP contribution in [0.25, 0.3) is 0 Å². The Morgan fingerprint density at radius 2 is 1.94 bits per heavy atom. The third-order valence-corrected chi connectivity index (χ3v) is 3.66. The largest absolute Gasteiger partial charge is 0.367 e. The highest BCUT2D eigenvalue weighted by Gasteiger charge is 2.32. The van der Waals surface area contributed by atoms with E-state index in [9.17, 15) is 0 Å². The van der Waals surface area contributed by atoms with Crippen LogP contribution in [-0.2, 0) is 5.54 Å². The fourth-order valence-corrected chi connectivity index (χ4v) is 2.69. The summed E-state index contributed by atoms with van der Waals surface area (Å²) < 4.78 is 0. The van der Waals surface area contributed by atoms with Gasteiger partial charge in [0, 0.05) is 30.7 Å². The average Bonchev–Trinajstić information content (AvgIpc) is 2.23. The molecule has 0 aromatic carbocycles. The molecule has 1 aromatic heterocycles. The number of aryl methyl sites for hydroxylation is 2. The molecule has 2 heteroatoms. The molecule has 1 aliphatic heterocycles. The highest BCUT2D eigenvalue weighted by molar-refractivity contribution is 5.42. The number of likely N-dealkylation sites (N-methyl/N-ethyl adjacent to an activating group) is 1. The number of rotatable bonds is 1. The van der Waals surface area contributed by atoms with Gasteiger partial charge >= 0.3 is 0 Å². The Labute approximate surface area is 104 Å². The van der Waals surface area contributed by atoms with Crippen molar-refractivity contribution in [2.75, 3.05) is 7.05 Å². The van der Waals surface area contributed by atoms with Crippen LogP contribution in [0.4, 0.5) is 0 Å². The van der Waals surface area contributed by atoms with E-state index < -0.39 is 0 Å². The fourth-order valence-electron chi connectivity index (χ4n) is 2.69. The summed E-state index contributed by atoms with van der Waals surface area (Å²) in [7, 11) is 2.12. The molecule has 17 heavy (non-hydrogen) atoms. The summed E-state index contributed by atoms with van der Waals surface area (Å²) in [5.74, 6) is 0. The van der Waals surface area contributed by atoms with E-state index in [0.717, 1.165) is 5.69 Å². The molecular weight excluding hydrogens is 208 g/mol. The lowest BCUT2D eigenvalue weighted by atomic mass is 9.83. The molecule has 2 nitrogen and oxygen atoms in total. The minimum absolute atomic E-state index is 0.0960. The minimum atomic E-state index is -0.0960. The molecule has 1 aliphatic rings. The standard InChI is InChI=1S/C15H20N2/c1-11-7-9-17(5)15(4,10-11)14-12(2)6-8-16-13(14)3/h6-10H,1-5H3. The first-order chi connectivity index (χ1) is 7.95. The molecular formula is C15H20N2. The van der Waals surface area contributed by atoms with Crippen LogP contribution in [0.5, 0.6) is 0 Å². The van der Waals surface area contributed by atoms with Gasteiger partial charge in [-0.25, -0.2) is 0 Å². The van der Waals surface area contributed by atoms with Gasteiger partial charge in [-0.15, -0.1) is 0 Å². The third kappa shape index (κ3) is 1.88. The van der Waals surface area contributed by atoms with Crippen LogP contribution in [0.1, 0.15) is 30.7 Å². The van der Waals surface area contributed by atoms with Gasteiger partial charge in [0.2, 0.25) is 0 Å². The summed E-state index contributed by atoms with van der Waals surface area (Å²) >= 11 is 0. The number of allylic oxidation sites excluding steroid dienone is 2. The predicted octanol–water partition coefficient (Wildman–Crippen LogP) is 3.32. The molecule has 2 heterocycles. The van der Waals surface area contributed by atoms with Gasteiger partial charge in [-0.05, 0) is 45.4 Å². The van der Waals surface area contributed by atoms with Gasteiger partial charge in [-0.1, -0.05) is 11.6 Å². The van der Waals surface area contributed by atoms with E-state index in [1.54, 1.807) is 0 Å². The molecule has 1 unspecified atom stereocenters. The van der Waals surface area contributed by atoms with Crippen molar-refractivity contribution in [1.29, 1.82) is 0 Å². The molecule has 0 saturated carbocycles. The van der Waals surface area contributed by atoms with E-state index in [1.807, 2.05) is 6.20 Å². The molecule has 0 amide bonds. The van der Waals surface area contributed by atoms with Crippen LogP contribution in [-0.4, -0.2) is 16.9 Å². The Balaban J connectivity index is 2.63. The Bertz CT molecular complexity index is 479. The van der Waals surface area contributed by atoms with Crippen LogP contribution in [0.3, 0.4) is 0 Å². The zero-order chi connectivity index (χ0) is 12.6. The first-order valence-corrected chi connectivity index (χ1v) is 5.98. The van der Waals surface area contributed by atoms with Crippen LogP contribution >= 0.6 is 0 Å². The van der Waals surface area contributed by atoms with Crippen molar-refractivity contribution in [2.24, 2.45) is 0 Å². The molecule has 1 atom stereocenters. The average molecular weight is 228 g/mol. The first kappa shape index (κ1) is 11.9. The summed E-state index contributed by atoms with van der Waals surface area (Å²) in [5.41, 5.74) is 4.92. The molecule has 0 saturated heterocycles. The summed E-state index contributed by atoms with van der Waals surface area (Å²) in [4.78, 5) is 6.69. The van der Waals surface area contributed by atoms with E-state index in [1.165, 1.54) is 16.7 Å². The molecule has 1 aromatic rings. The SMILES string of the molecule is CC1=CC(C)(c2c(C)ccnc2C)N(C)C=C1. The number of hydrogen-bond donors (Lipinski definition) is 0. The number of hydrogen-bond acceptors (Lipinski definition) is 2. The maximum atomic E-state index is 4.44. The van der Waals surface area contributed by atoms with Crippen molar-refractivity contribution >= 4 is 0 Å². The summed E-state index contributed by atoms with van der Waals surface area (Å²) in [5, 5.41) is 0. The van der Waals surface area contributed by atoms with Crippen molar-refractivity contribution in [3.05, 3.63) is 53.0 Å². The maximum Gasteiger partial charge on any atom is 0.0826 e. The van der Waals surface area contributed by atoms with E-state index >= 15 is 0 Å². The van der Waals surface area contributed by atoms with Crippen molar-refractivity contribution in [2.45, 2.75) is 33.2 Å². The summed E-state index contributed by atoms with van der Waals surface area (Å²) in [6.07, 6.45) is 8.47. The zero-order valence-electron chi connectivity index (χ0n) is 11.3. The molecule has 0 radical (unpaired) electrons. The lowest BCUT2D eigenvalue weighted by molar-refractivity contribution is 0.257. The quantitative estimate of drug-likeness (QED) is 0.733. The van der Waals surface area contributed by atoms with Crippen LogP contribution in [0.15, 0.2) is 36.2 Å². The van der Waals surface area contributed by atoms with Crippen molar-refractivity contribution in [3.63, 3.8) is 0 Å². The van der Waals surface area contributed by atoms with Crippen molar-refractivity contribution in [3.8, 4) is 0 Å². The molecule has 0 aliphatic carbocycles. The Kier molecular flexibility index (Phi) is 2.82. The maximum absolute atomic E-state index is 4.44. The predicted molar refractivity (Wildman–Crippen MR) is 71.7 cm³/mol. The van der Waals surface area contributed by atoms with Crippen LogP contribution < -0.4 is 0 Å². The van der Waals surface area contributed by atoms with Gasteiger partial charge in [-0.3, -0.25) is 4.98 Å². The Hall–Kier alpha value is -1.57. The summed E-state index contributed by atoms with van der Waals surface area (Å²) in [6, 6.07) is 2.09. The molecule has 0 N–H and O–H groups in total. The van der Waals surface area contributed by atoms with E-state index in [2.05, 4.69) is 69.0 Å². The smallest absolute Gasteiger partial charge is 0.0826 e. The highest BCUT2D eigenvalue weighted by Crippen LogP contribution is 2.36. The van der Waals surface area contributed by atoms with Crippen LogP contribution in [0, 0.1) is 13.8 Å². The van der Waals surface area contributed by atoms with Gasteiger partial charge in [0.05, 0.1) is 5.54 Å². The monoisotopic (exact) mass is 228 g/mol. The number of aromatic nitrogens is 1.